The van der Waals surface area contributed by atoms with Gasteiger partial charge in [0.15, 0.2) is 0 Å². The van der Waals surface area contributed by atoms with Crippen molar-refractivity contribution >= 4 is 5.91 Å². The van der Waals surface area contributed by atoms with Crippen molar-refractivity contribution in [1.29, 1.82) is 0 Å². The van der Waals surface area contributed by atoms with Crippen LogP contribution in [0.4, 0.5) is 0 Å². The maximum absolute atomic E-state index is 12.5. The maximum Gasteiger partial charge on any atom is 0.229 e. The molecule has 17 heavy (non-hydrogen) atoms. The van der Waals surface area contributed by atoms with Crippen molar-refractivity contribution in [3.63, 3.8) is 0 Å². The molecular weight excluding hydrogens is 214 g/mol. The van der Waals surface area contributed by atoms with E-state index in [4.69, 9.17) is 0 Å². The van der Waals surface area contributed by atoms with Crippen LogP contribution < -0.4 is 5.32 Å². The van der Waals surface area contributed by atoms with E-state index in [-0.39, 0.29) is 5.41 Å². The average molecular weight is 239 g/mol. The first-order valence-corrected chi connectivity index (χ1v) is 6.81. The van der Waals surface area contributed by atoms with Crippen LogP contribution >= 0.6 is 0 Å². The van der Waals surface area contributed by atoms with Crippen molar-refractivity contribution in [2.24, 2.45) is 5.41 Å². The quantitative estimate of drug-likeness (QED) is 0.764. The molecule has 0 aromatic carbocycles. The fourth-order valence-corrected chi connectivity index (χ4v) is 3.03. The van der Waals surface area contributed by atoms with E-state index in [2.05, 4.69) is 35.9 Å². The van der Waals surface area contributed by atoms with Gasteiger partial charge in [0, 0.05) is 32.2 Å². The molecule has 4 heteroatoms. The van der Waals surface area contributed by atoms with Gasteiger partial charge in [-0.25, -0.2) is 0 Å². The van der Waals surface area contributed by atoms with Gasteiger partial charge in [-0.1, -0.05) is 6.92 Å². The summed E-state index contributed by atoms with van der Waals surface area (Å²) in [6, 6.07) is 0.496. The van der Waals surface area contributed by atoms with E-state index in [0.717, 1.165) is 45.7 Å². The summed E-state index contributed by atoms with van der Waals surface area (Å²) < 4.78 is 0. The SMILES string of the molecule is CCN1CCN(C(=O)C2(C)CCNC2)CC1C. The Morgan fingerprint density at radius 1 is 1.47 bits per heavy atom. The monoisotopic (exact) mass is 239 g/mol. The summed E-state index contributed by atoms with van der Waals surface area (Å²) in [5.74, 6) is 0.352. The number of nitrogens with zero attached hydrogens (tertiary/aromatic N) is 2. The van der Waals surface area contributed by atoms with Gasteiger partial charge < -0.3 is 10.2 Å². The molecule has 1 N–H and O–H groups in total. The van der Waals surface area contributed by atoms with Crippen molar-refractivity contribution in [3.8, 4) is 0 Å². The van der Waals surface area contributed by atoms with Gasteiger partial charge in [-0.05, 0) is 33.4 Å². The molecule has 2 aliphatic heterocycles. The average Bonchev–Trinajstić information content (AvgIpc) is 2.76. The topological polar surface area (TPSA) is 35.6 Å². The molecule has 2 aliphatic rings. The van der Waals surface area contributed by atoms with E-state index in [9.17, 15) is 4.79 Å². The minimum Gasteiger partial charge on any atom is -0.339 e. The highest BCUT2D eigenvalue weighted by atomic mass is 16.2. The van der Waals surface area contributed by atoms with Gasteiger partial charge in [0.25, 0.3) is 0 Å². The van der Waals surface area contributed by atoms with Gasteiger partial charge in [-0.2, -0.15) is 0 Å². The summed E-state index contributed by atoms with van der Waals surface area (Å²) in [6.45, 7) is 12.2. The van der Waals surface area contributed by atoms with Gasteiger partial charge in [0.1, 0.15) is 0 Å². The third-order valence-electron chi connectivity index (χ3n) is 4.34. The Balaban J connectivity index is 1.97. The Labute approximate surface area is 104 Å². The van der Waals surface area contributed by atoms with Crippen LogP contribution in [-0.4, -0.2) is 61.0 Å². The number of likely N-dealkylation sites (N-methyl/N-ethyl adjacent to an activating group) is 1. The zero-order chi connectivity index (χ0) is 12.5. The van der Waals surface area contributed by atoms with Gasteiger partial charge in [0.2, 0.25) is 5.91 Å². The minimum absolute atomic E-state index is 0.159. The lowest BCUT2D eigenvalue weighted by molar-refractivity contribution is -0.143. The Bertz CT molecular complexity index is 286. The van der Waals surface area contributed by atoms with Crippen LogP contribution in [0.1, 0.15) is 27.2 Å². The minimum atomic E-state index is -0.159. The summed E-state index contributed by atoms with van der Waals surface area (Å²) in [4.78, 5) is 17.0. The van der Waals surface area contributed by atoms with Gasteiger partial charge in [-0.15, -0.1) is 0 Å². The molecule has 2 heterocycles. The predicted octanol–water partition coefficient (Wildman–Crippen LogP) is 0.539. The lowest BCUT2D eigenvalue weighted by Crippen LogP contribution is -2.56. The Kier molecular flexibility index (Phi) is 3.73. The molecule has 1 amide bonds. The van der Waals surface area contributed by atoms with Crippen molar-refractivity contribution in [3.05, 3.63) is 0 Å². The lowest BCUT2D eigenvalue weighted by Gasteiger charge is -2.42. The molecule has 98 valence electrons. The lowest BCUT2D eigenvalue weighted by atomic mass is 9.87. The van der Waals surface area contributed by atoms with Crippen LogP contribution in [0.5, 0.6) is 0 Å². The molecule has 0 aromatic heterocycles. The molecule has 0 bridgehead atoms. The van der Waals surface area contributed by atoms with E-state index >= 15 is 0 Å². The summed E-state index contributed by atoms with van der Waals surface area (Å²) in [5, 5.41) is 3.31. The summed E-state index contributed by atoms with van der Waals surface area (Å²) in [6.07, 6.45) is 0.980. The number of carbonyl (C=O) groups is 1. The van der Waals surface area contributed by atoms with Crippen molar-refractivity contribution < 1.29 is 4.79 Å². The second kappa shape index (κ2) is 4.94. The molecule has 2 unspecified atom stereocenters. The number of hydrogen-bond donors (Lipinski definition) is 1. The van der Waals surface area contributed by atoms with Crippen LogP contribution in [0.2, 0.25) is 0 Å². The number of nitrogens with one attached hydrogen (secondary N) is 1. The Hall–Kier alpha value is -0.610. The molecule has 0 radical (unpaired) electrons. The molecule has 0 aliphatic carbocycles. The van der Waals surface area contributed by atoms with Crippen LogP contribution in [0.15, 0.2) is 0 Å². The first-order chi connectivity index (χ1) is 8.07. The van der Waals surface area contributed by atoms with Gasteiger partial charge in [0.05, 0.1) is 5.41 Å². The van der Waals surface area contributed by atoms with Crippen LogP contribution in [0.3, 0.4) is 0 Å². The third kappa shape index (κ3) is 2.47. The smallest absolute Gasteiger partial charge is 0.229 e. The van der Waals surface area contributed by atoms with E-state index in [1.54, 1.807) is 0 Å². The van der Waals surface area contributed by atoms with Crippen molar-refractivity contribution in [2.75, 3.05) is 39.3 Å². The molecule has 2 rings (SSSR count). The second-order valence-electron chi connectivity index (χ2n) is 5.72. The highest BCUT2D eigenvalue weighted by molar-refractivity contribution is 5.83. The zero-order valence-corrected chi connectivity index (χ0v) is 11.3. The molecule has 0 aromatic rings. The molecule has 2 atom stereocenters. The summed E-state index contributed by atoms with van der Waals surface area (Å²) in [5.41, 5.74) is -0.159. The fourth-order valence-electron chi connectivity index (χ4n) is 3.03. The first kappa shape index (κ1) is 12.8. The van der Waals surface area contributed by atoms with Crippen LogP contribution in [0, 0.1) is 5.41 Å². The zero-order valence-electron chi connectivity index (χ0n) is 11.3. The van der Waals surface area contributed by atoms with Gasteiger partial charge >= 0.3 is 0 Å². The summed E-state index contributed by atoms with van der Waals surface area (Å²) >= 11 is 0. The Morgan fingerprint density at radius 3 is 2.76 bits per heavy atom. The number of hydrogen-bond acceptors (Lipinski definition) is 3. The third-order valence-corrected chi connectivity index (χ3v) is 4.34. The fraction of sp³-hybridized carbons (Fsp3) is 0.923. The van der Waals surface area contributed by atoms with E-state index in [1.165, 1.54) is 0 Å². The largest absolute Gasteiger partial charge is 0.339 e. The van der Waals surface area contributed by atoms with Crippen LogP contribution in [-0.2, 0) is 4.79 Å². The van der Waals surface area contributed by atoms with E-state index in [0.29, 0.717) is 11.9 Å². The molecular formula is C13H25N3O. The van der Waals surface area contributed by atoms with Gasteiger partial charge in [-0.3, -0.25) is 9.69 Å². The number of carbonyl (C=O) groups excluding carboxylic acids is 1. The summed E-state index contributed by atoms with van der Waals surface area (Å²) in [7, 11) is 0. The highest BCUT2D eigenvalue weighted by Gasteiger charge is 2.40. The first-order valence-electron chi connectivity index (χ1n) is 6.81. The molecule has 0 spiro atoms. The Morgan fingerprint density at radius 2 is 2.24 bits per heavy atom. The predicted molar refractivity (Wildman–Crippen MR) is 68.9 cm³/mol. The van der Waals surface area contributed by atoms with E-state index < -0.39 is 0 Å². The number of piperazine rings is 1. The van der Waals surface area contributed by atoms with Crippen LogP contribution in [0.25, 0.3) is 0 Å². The number of rotatable bonds is 2. The number of amides is 1. The van der Waals surface area contributed by atoms with E-state index in [1.807, 2.05) is 0 Å². The molecule has 4 nitrogen and oxygen atoms in total. The standard InChI is InChI=1S/C13H25N3O/c1-4-15-7-8-16(9-11(15)2)12(17)13(3)5-6-14-10-13/h11,14H,4-10H2,1-3H3. The van der Waals surface area contributed by atoms with Crippen molar-refractivity contribution in [2.45, 2.75) is 33.2 Å². The molecule has 0 saturated carbocycles. The molecule has 2 fully saturated rings. The maximum atomic E-state index is 12.5. The second-order valence-corrected chi connectivity index (χ2v) is 5.72. The normalized spacial score (nSPS) is 35.2. The van der Waals surface area contributed by atoms with Crippen molar-refractivity contribution in [1.82, 2.24) is 15.1 Å². The highest BCUT2D eigenvalue weighted by Crippen LogP contribution is 2.28. The molecule has 2 saturated heterocycles.